The smallest absolute Gasteiger partial charge is 0.246 e. The third-order valence-corrected chi connectivity index (χ3v) is 3.45. The van der Waals surface area contributed by atoms with Crippen LogP contribution in [-0.4, -0.2) is 11.2 Å². The predicted molar refractivity (Wildman–Crippen MR) is 100 cm³/mol. The first kappa shape index (κ1) is 22.0. The fourth-order valence-electron chi connectivity index (χ4n) is 2.05. The molecule has 0 heterocycles. The number of unbranched alkanes of at least 4 members (excludes halogenated alkanes) is 5. The second-order valence-corrected chi connectivity index (χ2v) is 5.57. The van der Waals surface area contributed by atoms with E-state index in [2.05, 4.69) is 19.1 Å². The van der Waals surface area contributed by atoms with Crippen LogP contribution in [0, 0.1) is 10.1 Å². The van der Waals surface area contributed by atoms with Crippen LogP contribution >= 0.6 is 0 Å². The van der Waals surface area contributed by atoms with Crippen LogP contribution in [0.25, 0.3) is 0 Å². The molecule has 0 rings (SSSR count). The van der Waals surface area contributed by atoms with Gasteiger partial charge in [0.2, 0.25) is 5.70 Å². The average Bonchev–Trinajstić information content (AvgIpc) is 2.57. The second-order valence-electron chi connectivity index (χ2n) is 5.57. The Kier molecular flexibility index (Phi) is 16.0. The first-order valence-electron chi connectivity index (χ1n) is 8.85. The Morgan fingerprint density at radius 3 is 2.29 bits per heavy atom. The molecule has 0 amide bonds. The summed E-state index contributed by atoms with van der Waals surface area (Å²) < 4.78 is 0. The van der Waals surface area contributed by atoms with Crippen molar-refractivity contribution in [1.82, 2.24) is 0 Å². The lowest BCUT2D eigenvalue weighted by molar-refractivity contribution is -0.427. The van der Waals surface area contributed by atoms with E-state index in [0.717, 1.165) is 25.7 Å². The van der Waals surface area contributed by atoms with Gasteiger partial charge in [0.1, 0.15) is 0 Å². The normalized spacial score (nSPS) is 12.6. The minimum absolute atomic E-state index is 0.226. The Labute approximate surface area is 146 Å². The van der Waals surface area contributed by atoms with Crippen molar-refractivity contribution in [3.63, 3.8) is 0 Å². The van der Waals surface area contributed by atoms with Crippen molar-refractivity contribution in [2.24, 2.45) is 0 Å². The minimum atomic E-state index is -0.319. The first-order chi connectivity index (χ1) is 11.7. The van der Waals surface area contributed by atoms with E-state index in [1.165, 1.54) is 19.3 Å². The van der Waals surface area contributed by atoms with Crippen molar-refractivity contribution in [3.8, 4) is 0 Å². The highest BCUT2D eigenvalue weighted by Gasteiger charge is 2.06. The molecule has 1 radical (unpaired) electrons. The van der Waals surface area contributed by atoms with Gasteiger partial charge in [-0.25, -0.2) is 0 Å². The minimum Gasteiger partial charge on any atom is -0.291 e. The largest absolute Gasteiger partial charge is 0.291 e. The molecule has 0 aromatic carbocycles. The Hall–Kier alpha value is -1.97. The van der Waals surface area contributed by atoms with Gasteiger partial charge in [0.05, 0.1) is 11.3 Å². The number of nitrogens with zero attached hydrogens (tertiary/aromatic N) is 1. The molecule has 0 unspecified atom stereocenters. The highest BCUT2D eigenvalue weighted by atomic mass is 16.6. The molecule has 0 fully saturated rings. The van der Waals surface area contributed by atoms with E-state index >= 15 is 0 Å². The van der Waals surface area contributed by atoms with Crippen LogP contribution in [0.5, 0.6) is 0 Å². The van der Waals surface area contributed by atoms with Gasteiger partial charge in [0.15, 0.2) is 6.29 Å². The van der Waals surface area contributed by atoms with Gasteiger partial charge in [0.25, 0.3) is 0 Å². The molecule has 0 aromatic heterocycles. The summed E-state index contributed by atoms with van der Waals surface area (Å²) in [5, 5.41) is 11.0. The van der Waals surface area contributed by atoms with Gasteiger partial charge in [-0.05, 0) is 44.6 Å². The highest BCUT2D eigenvalue weighted by molar-refractivity contribution is 5.50. The number of hydrogen-bond acceptors (Lipinski definition) is 3. The number of rotatable bonds is 15. The van der Waals surface area contributed by atoms with Gasteiger partial charge in [0, 0.05) is 6.42 Å². The molecule has 0 aliphatic heterocycles. The third kappa shape index (κ3) is 14.9. The van der Waals surface area contributed by atoms with Crippen LogP contribution in [0.2, 0.25) is 0 Å². The summed E-state index contributed by atoms with van der Waals surface area (Å²) in [6.45, 7) is 2.19. The lowest BCUT2D eigenvalue weighted by Gasteiger charge is -1.94. The quantitative estimate of drug-likeness (QED) is 0.164. The molecule has 4 heteroatoms. The van der Waals surface area contributed by atoms with Gasteiger partial charge < -0.3 is 0 Å². The average molecular weight is 332 g/mol. The van der Waals surface area contributed by atoms with Crippen LogP contribution in [-0.2, 0) is 4.79 Å². The van der Waals surface area contributed by atoms with Crippen molar-refractivity contribution in [3.05, 3.63) is 58.3 Å². The van der Waals surface area contributed by atoms with E-state index in [1.807, 2.05) is 30.6 Å². The summed E-state index contributed by atoms with van der Waals surface area (Å²) in [6, 6.07) is 0. The monoisotopic (exact) mass is 332 g/mol. The zero-order valence-electron chi connectivity index (χ0n) is 14.8. The molecule has 0 aromatic rings. The van der Waals surface area contributed by atoms with Crippen molar-refractivity contribution < 1.29 is 9.72 Å². The van der Waals surface area contributed by atoms with E-state index in [1.54, 1.807) is 6.08 Å². The topological polar surface area (TPSA) is 60.2 Å². The molecular weight excluding hydrogens is 302 g/mol. The molecule has 4 nitrogen and oxygen atoms in total. The van der Waals surface area contributed by atoms with Gasteiger partial charge in [-0.15, -0.1) is 0 Å². The van der Waals surface area contributed by atoms with Crippen LogP contribution in [0.3, 0.4) is 0 Å². The maximum Gasteiger partial charge on any atom is 0.246 e. The zero-order chi connectivity index (χ0) is 17.9. The molecule has 0 atom stereocenters. The van der Waals surface area contributed by atoms with Crippen molar-refractivity contribution in [1.29, 1.82) is 0 Å². The Balaban J connectivity index is 4.02. The van der Waals surface area contributed by atoms with E-state index in [0.29, 0.717) is 19.3 Å². The Morgan fingerprint density at radius 2 is 1.62 bits per heavy atom. The maximum atomic E-state index is 11.0. The SMILES string of the molecule is CCCCC/C=C\C/C=C\C/C(=C\C/C=C\CCC[C]=O)[N+](=O)[O-]. The van der Waals surface area contributed by atoms with Gasteiger partial charge in [-0.3, -0.25) is 14.9 Å². The highest BCUT2D eigenvalue weighted by Crippen LogP contribution is 2.07. The summed E-state index contributed by atoms with van der Waals surface area (Å²) in [7, 11) is 0. The summed E-state index contributed by atoms with van der Waals surface area (Å²) in [5.41, 5.74) is 0.226. The van der Waals surface area contributed by atoms with Gasteiger partial charge >= 0.3 is 0 Å². The van der Waals surface area contributed by atoms with Crippen LogP contribution in [0.4, 0.5) is 0 Å². The van der Waals surface area contributed by atoms with Crippen molar-refractivity contribution >= 4 is 6.29 Å². The summed E-state index contributed by atoms with van der Waals surface area (Å²) in [5.74, 6) is 0. The zero-order valence-corrected chi connectivity index (χ0v) is 14.8. The van der Waals surface area contributed by atoms with E-state index < -0.39 is 0 Å². The molecule has 0 aliphatic carbocycles. The standard InChI is InChI=1S/C20H30NO3/c1-2-3-4-5-6-7-8-11-14-17-20(21(23)24)18-15-12-9-10-13-16-19-22/h6-7,9,11-12,14,18H,2-5,8,10,13,15-17H2,1H3/b7-6-,12-9-,14-11-,20-18+. The van der Waals surface area contributed by atoms with Gasteiger partial charge in [-0.1, -0.05) is 56.2 Å². The predicted octanol–water partition coefficient (Wildman–Crippen LogP) is 5.85. The van der Waals surface area contributed by atoms with Crippen LogP contribution in [0.1, 0.15) is 71.1 Å². The maximum absolute atomic E-state index is 11.0. The van der Waals surface area contributed by atoms with Crippen molar-refractivity contribution in [2.75, 3.05) is 0 Å². The molecule has 0 bridgehead atoms. The molecule has 0 saturated heterocycles. The third-order valence-electron chi connectivity index (χ3n) is 3.45. The first-order valence-corrected chi connectivity index (χ1v) is 8.85. The molecular formula is C20H30NO3. The number of allylic oxidation sites excluding steroid dienone is 7. The molecule has 0 N–H and O–H groups in total. The Morgan fingerprint density at radius 1 is 0.958 bits per heavy atom. The Bertz CT molecular complexity index is 448. The number of carbonyl (C=O) groups excluding carboxylic acids is 1. The van der Waals surface area contributed by atoms with E-state index in [-0.39, 0.29) is 10.6 Å². The molecule has 0 saturated carbocycles. The summed E-state index contributed by atoms with van der Waals surface area (Å²) in [6.07, 6.45) is 24.0. The second kappa shape index (κ2) is 17.4. The lowest BCUT2D eigenvalue weighted by atomic mass is 10.2. The molecule has 0 spiro atoms. The molecule has 0 aliphatic rings. The van der Waals surface area contributed by atoms with Crippen LogP contribution in [0.15, 0.2) is 48.2 Å². The van der Waals surface area contributed by atoms with Crippen molar-refractivity contribution in [2.45, 2.75) is 71.1 Å². The lowest BCUT2D eigenvalue weighted by Crippen LogP contribution is -1.97. The fourth-order valence-corrected chi connectivity index (χ4v) is 2.05. The fraction of sp³-hybridized carbons (Fsp3) is 0.550. The number of nitro groups is 1. The van der Waals surface area contributed by atoms with E-state index in [9.17, 15) is 14.9 Å². The molecule has 24 heavy (non-hydrogen) atoms. The number of hydrogen-bond donors (Lipinski definition) is 0. The van der Waals surface area contributed by atoms with Gasteiger partial charge in [-0.2, -0.15) is 0 Å². The molecule has 133 valence electrons. The summed E-state index contributed by atoms with van der Waals surface area (Å²) >= 11 is 0. The van der Waals surface area contributed by atoms with Crippen LogP contribution < -0.4 is 0 Å². The summed E-state index contributed by atoms with van der Waals surface area (Å²) in [4.78, 5) is 20.7. The van der Waals surface area contributed by atoms with E-state index in [4.69, 9.17) is 0 Å².